The Balaban J connectivity index is 1.50. The normalized spacial score (nSPS) is 14.0. The van der Waals surface area contributed by atoms with Crippen LogP contribution in [0.4, 0.5) is 9.59 Å². The SMILES string of the molecule is CN(CCCN(C)C(=O)N1CCOCC1)C(=O)O[C@@H](Cc1ccccc1)C(=O)OCc1ccccc1. The molecule has 0 radical (unpaired) electrons. The van der Waals surface area contributed by atoms with Gasteiger partial charge in [-0.05, 0) is 17.5 Å². The Hall–Kier alpha value is -3.59. The number of hydrogen-bond donors (Lipinski definition) is 0. The van der Waals surface area contributed by atoms with E-state index in [4.69, 9.17) is 14.2 Å². The van der Waals surface area contributed by atoms with Gasteiger partial charge < -0.3 is 28.9 Å². The fourth-order valence-electron chi connectivity index (χ4n) is 3.76. The van der Waals surface area contributed by atoms with Crippen LogP contribution in [0.15, 0.2) is 60.7 Å². The molecule has 3 rings (SSSR count). The summed E-state index contributed by atoms with van der Waals surface area (Å²) in [7, 11) is 3.36. The van der Waals surface area contributed by atoms with Crippen LogP contribution in [0.2, 0.25) is 0 Å². The van der Waals surface area contributed by atoms with E-state index in [-0.39, 0.29) is 19.1 Å². The summed E-state index contributed by atoms with van der Waals surface area (Å²) in [5.41, 5.74) is 1.71. The molecule has 0 aliphatic carbocycles. The zero-order valence-corrected chi connectivity index (χ0v) is 21.0. The van der Waals surface area contributed by atoms with Crippen LogP contribution in [0.5, 0.6) is 0 Å². The average molecular weight is 498 g/mol. The van der Waals surface area contributed by atoms with Crippen molar-refractivity contribution in [3.63, 3.8) is 0 Å². The van der Waals surface area contributed by atoms with Crippen LogP contribution in [0.25, 0.3) is 0 Å². The minimum atomic E-state index is -1.07. The quantitative estimate of drug-likeness (QED) is 0.469. The number of rotatable bonds is 10. The third-order valence-corrected chi connectivity index (χ3v) is 5.90. The van der Waals surface area contributed by atoms with Crippen molar-refractivity contribution in [3.05, 3.63) is 71.8 Å². The van der Waals surface area contributed by atoms with Crippen molar-refractivity contribution in [1.29, 1.82) is 0 Å². The van der Waals surface area contributed by atoms with Crippen molar-refractivity contribution in [1.82, 2.24) is 14.7 Å². The molecular weight excluding hydrogens is 462 g/mol. The Kier molecular flexibility index (Phi) is 10.6. The first-order chi connectivity index (χ1) is 17.4. The maximum absolute atomic E-state index is 12.8. The number of amides is 3. The Morgan fingerprint density at radius 2 is 1.47 bits per heavy atom. The molecule has 2 aromatic carbocycles. The molecule has 1 heterocycles. The molecule has 2 aromatic rings. The van der Waals surface area contributed by atoms with Gasteiger partial charge in [-0.15, -0.1) is 0 Å². The number of nitrogens with zero attached hydrogens (tertiary/aromatic N) is 3. The largest absolute Gasteiger partial charge is 0.458 e. The summed E-state index contributed by atoms with van der Waals surface area (Å²) >= 11 is 0. The van der Waals surface area contributed by atoms with Crippen molar-refractivity contribution in [2.75, 3.05) is 53.5 Å². The Morgan fingerprint density at radius 1 is 0.889 bits per heavy atom. The molecule has 9 nitrogen and oxygen atoms in total. The number of morpholine rings is 1. The van der Waals surface area contributed by atoms with Crippen molar-refractivity contribution in [2.24, 2.45) is 0 Å². The van der Waals surface area contributed by atoms with Gasteiger partial charge in [0.1, 0.15) is 6.61 Å². The molecule has 3 amide bonds. The van der Waals surface area contributed by atoms with Gasteiger partial charge in [0, 0.05) is 46.7 Å². The van der Waals surface area contributed by atoms with Crippen molar-refractivity contribution < 1.29 is 28.6 Å². The predicted molar refractivity (Wildman–Crippen MR) is 134 cm³/mol. The first kappa shape index (κ1) is 27.0. The first-order valence-electron chi connectivity index (χ1n) is 12.2. The van der Waals surface area contributed by atoms with E-state index in [0.717, 1.165) is 11.1 Å². The predicted octanol–water partition coefficient (Wildman–Crippen LogP) is 3.18. The molecule has 0 saturated carbocycles. The highest BCUT2D eigenvalue weighted by molar-refractivity contribution is 5.79. The molecule has 0 bridgehead atoms. The summed E-state index contributed by atoms with van der Waals surface area (Å²) in [5, 5.41) is 0. The summed E-state index contributed by atoms with van der Waals surface area (Å²) in [6, 6.07) is 18.6. The summed E-state index contributed by atoms with van der Waals surface area (Å²) < 4.78 is 16.3. The number of hydrogen-bond acceptors (Lipinski definition) is 6. The van der Waals surface area contributed by atoms with Gasteiger partial charge in [0.05, 0.1) is 13.2 Å². The van der Waals surface area contributed by atoms with Gasteiger partial charge in [-0.2, -0.15) is 0 Å². The molecule has 1 aliphatic rings. The second-order valence-corrected chi connectivity index (χ2v) is 8.73. The zero-order valence-electron chi connectivity index (χ0n) is 21.0. The lowest BCUT2D eigenvalue weighted by molar-refractivity contribution is -0.155. The lowest BCUT2D eigenvalue weighted by Crippen LogP contribution is -2.47. The van der Waals surface area contributed by atoms with E-state index in [1.54, 1.807) is 23.9 Å². The van der Waals surface area contributed by atoms with Crippen LogP contribution in [-0.4, -0.2) is 92.4 Å². The van der Waals surface area contributed by atoms with E-state index in [1.807, 2.05) is 60.7 Å². The molecule has 194 valence electrons. The highest BCUT2D eigenvalue weighted by Gasteiger charge is 2.27. The molecule has 0 N–H and O–H groups in total. The van der Waals surface area contributed by atoms with Crippen LogP contribution in [0.1, 0.15) is 17.5 Å². The monoisotopic (exact) mass is 497 g/mol. The van der Waals surface area contributed by atoms with Gasteiger partial charge in [-0.3, -0.25) is 0 Å². The average Bonchev–Trinajstić information content (AvgIpc) is 2.92. The molecule has 9 heteroatoms. The number of esters is 1. The molecule has 1 atom stereocenters. The minimum Gasteiger partial charge on any atom is -0.458 e. The van der Waals surface area contributed by atoms with Crippen LogP contribution >= 0.6 is 0 Å². The molecular formula is C27H35N3O6. The minimum absolute atomic E-state index is 0.0485. The zero-order chi connectivity index (χ0) is 25.8. The van der Waals surface area contributed by atoms with Crippen molar-refractivity contribution >= 4 is 18.1 Å². The first-order valence-corrected chi connectivity index (χ1v) is 12.2. The van der Waals surface area contributed by atoms with E-state index in [0.29, 0.717) is 45.8 Å². The van der Waals surface area contributed by atoms with Gasteiger partial charge in [-0.1, -0.05) is 60.7 Å². The third-order valence-electron chi connectivity index (χ3n) is 5.90. The van der Waals surface area contributed by atoms with E-state index < -0.39 is 18.2 Å². The molecule has 0 unspecified atom stereocenters. The summed E-state index contributed by atoms with van der Waals surface area (Å²) in [6.45, 7) is 3.22. The number of benzene rings is 2. The second kappa shape index (κ2) is 14.1. The topological polar surface area (TPSA) is 88.6 Å². The lowest BCUT2D eigenvalue weighted by Gasteiger charge is -2.31. The van der Waals surface area contributed by atoms with Crippen LogP contribution in [-0.2, 0) is 32.0 Å². The van der Waals surface area contributed by atoms with Gasteiger partial charge >= 0.3 is 18.1 Å². The Bertz CT molecular complexity index is 966. The third kappa shape index (κ3) is 8.57. The highest BCUT2D eigenvalue weighted by atomic mass is 16.6. The van der Waals surface area contributed by atoms with Gasteiger partial charge in [0.25, 0.3) is 0 Å². The van der Waals surface area contributed by atoms with Crippen LogP contribution in [0, 0.1) is 0 Å². The van der Waals surface area contributed by atoms with Crippen molar-refractivity contribution in [3.8, 4) is 0 Å². The van der Waals surface area contributed by atoms with Crippen LogP contribution in [0.3, 0.4) is 0 Å². The van der Waals surface area contributed by atoms with E-state index in [2.05, 4.69) is 0 Å². The standard InChI is InChI=1S/C27H35N3O6/c1-28(26(32)30-16-18-34-19-17-30)14-9-15-29(2)27(33)36-24(20-22-10-5-3-6-11-22)25(31)35-21-23-12-7-4-8-13-23/h3-8,10-13,24H,9,14-21H2,1-2H3/t24-/m0/s1. The van der Waals surface area contributed by atoms with E-state index >= 15 is 0 Å². The van der Waals surface area contributed by atoms with Gasteiger partial charge in [0.15, 0.2) is 0 Å². The number of ether oxygens (including phenoxy) is 3. The molecule has 36 heavy (non-hydrogen) atoms. The molecule has 0 aromatic heterocycles. The number of urea groups is 1. The van der Waals surface area contributed by atoms with E-state index in [9.17, 15) is 14.4 Å². The van der Waals surface area contributed by atoms with Crippen molar-refractivity contribution in [2.45, 2.75) is 25.6 Å². The molecule has 0 spiro atoms. The lowest BCUT2D eigenvalue weighted by atomic mass is 10.1. The second-order valence-electron chi connectivity index (χ2n) is 8.73. The van der Waals surface area contributed by atoms with Gasteiger partial charge in [-0.25, -0.2) is 14.4 Å². The summed E-state index contributed by atoms with van der Waals surface area (Å²) in [4.78, 5) is 42.9. The maximum atomic E-state index is 12.8. The Morgan fingerprint density at radius 3 is 2.11 bits per heavy atom. The van der Waals surface area contributed by atoms with Gasteiger partial charge in [0.2, 0.25) is 6.10 Å². The summed E-state index contributed by atoms with van der Waals surface area (Å²) in [5.74, 6) is -0.597. The number of carbonyl (C=O) groups is 3. The number of carbonyl (C=O) groups excluding carboxylic acids is 3. The highest BCUT2D eigenvalue weighted by Crippen LogP contribution is 2.12. The smallest absolute Gasteiger partial charge is 0.410 e. The fraction of sp³-hybridized carbons (Fsp3) is 0.444. The van der Waals surface area contributed by atoms with E-state index in [1.165, 1.54) is 4.90 Å². The Labute approximate surface area is 212 Å². The molecule has 1 saturated heterocycles. The maximum Gasteiger partial charge on any atom is 0.410 e. The fourth-order valence-corrected chi connectivity index (χ4v) is 3.76. The molecule has 1 fully saturated rings. The summed E-state index contributed by atoms with van der Waals surface area (Å²) in [6.07, 6.45) is -0.906. The van der Waals surface area contributed by atoms with Crippen LogP contribution < -0.4 is 0 Å². The molecule has 1 aliphatic heterocycles.